The number of fused-ring (bicyclic) bond motifs is 1. The van der Waals surface area contributed by atoms with Crippen LogP contribution in [0.4, 0.5) is 4.39 Å². The summed E-state index contributed by atoms with van der Waals surface area (Å²) < 4.78 is 19.8. The largest absolute Gasteiger partial charge is 0.489 e. The molecule has 0 aliphatic heterocycles. The molecule has 2 fully saturated rings. The van der Waals surface area contributed by atoms with Crippen LogP contribution >= 0.6 is 11.6 Å². The third-order valence-electron chi connectivity index (χ3n) is 7.13. The average Bonchev–Trinajstić information content (AvgIpc) is 3.61. The number of pyridine rings is 1. The Morgan fingerprint density at radius 2 is 1.81 bits per heavy atom. The molecule has 3 aromatic rings. The van der Waals surface area contributed by atoms with E-state index in [1.807, 2.05) is 24.3 Å². The SMILES string of the molecule is N[C@@H](C1CC1)C1(c2ccc(F)cc2)CCC(Oc2cc3cc[nH]c(=O)c3cc2Cl)CC1. The molecule has 2 aliphatic rings. The van der Waals surface area contributed by atoms with Crippen molar-refractivity contribution in [3.63, 3.8) is 0 Å². The number of aromatic amines is 1. The molecule has 3 N–H and O–H groups in total. The van der Waals surface area contributed by atoms with E-state index in [1.165, 1.54) is 25.0 Å². The molecular formula is C25H26ClFN2O2. The van der Waals surface area contributed by atoms with Gasteiger partial charge in [0.25, 0.3) is 5.56 Å². The topological polar surface area (TPSA) is 68.1 Å². The number of ether oxygens (including phenoxy) is 1. The molecule has 1 aromatic heterocycles. The molecule has 2 aromatic carbocycles. The molecule has 0 amide bonds. The van der Waals surface area contributed by atoms with Crippen LogP contribution in [0.3, 0.4) is 0 Å². The van der Waals surface area contributed by atoms with Gasteiger partial charge in [-0.05, 0) is 85.7 Å². The van der Waals surface area contributed by atoms with E-state index in [0.29, 0.717) is 22.1 Å². The Kier molecular flexibility index (Phi) is 5.27. The van der Waals surface area contributed by atoms with Crippen molar-refractivity contribution < 1.29 is 9.13 Å². The first-order valence-corrected chi connectivity index (χ1v) is 11.3. The Labute approximate surface area is 185 Å². The number of nitrogens with one attached hydrogen (secondary N) is 1. The fraction of sp³-hybridized carbons (Fsp3) is 0.400. The van der Waals surface area contributed by atoms with Gasteiger partial charge in [-0.2, -0.15) is 0 Å². The maximum atomic E-state index is 13.5. The number of rotatable bonds is 5. The molecule has 0 saturated heterocycles. The smallest absolute Gasteiger partial charge is 0.255 e. The summed E-state index contributed by atoms with van der Waals surface area (Å²) >= 11 is 6.43. The molecule has 2 saturated carbocycles. The van der Waals surface area contributed by atoms with E-state index >= 15 is 0 Å². The molecule has 0 bridgehead atoms. The van der Waals surface area contributed by atoms with Gasteiger partial charge >= 0.3 is 0 Å². The van der Waals surface area contributed by atoms with Crippen molar-refractivity contribution in [2.24, 2.45) is 11.7 Å². The van der Waals surface area contributed by atoms with Crippen molar-refractivity contribution in [2.75, 3.05) is 0 Å². The van der Waals surface area contributed by atoms with Crippen LogP contribution in [0.25, 0.3) is 10.8 Å². The number of H-pyrrole nitrogens is 1. The first kappa shape index (κ1) is 20.5. The van der Waals surface area contributed by atoms with Crippen molar-refractivity contribution in [3.05, 3.63) is 75.4 Å². The van der Waals surface area contributed by atoms with E-state index in [1.54, 1.807) is 12.3 Å². The zero-order valence-electron chi connectivity index (χ0n) is 17.2. The van der Waals surface area contributed by atoms with Crippen LogP contribution in [0.15, 0.2) is 53.5 Å². The second kappa shape index (κ2) is 7.95. The van der Waals surface area contributed by atoms with Crippen LogP contribution in [0.1, 0.15) is 44.1 Å². The van der Waals surface area contributed by atoms with E-state index in [0.717, 1.165) is 36.6 Å². The van der Waals surface area contributed by atoms with Gasteiger partial charge in [-0.25, -0.2) is 4.39 Å². The third-order valence-corrected chi connectivity index (χ3v) is 7.43. The lowest BCUT2D eigenvalue weighted by Crippen LogP contribution is -2.50. The predicted molar refractivity (Wildman–Crippen MR) is 121 cm³/mol. The van der Waals surface area contributed by atoms with Crippen LogP contribution in [-0.2, 0) is 5.41 Å². The van der Waals surface area contributed by atoms with E-state index < -0.39 is 0 Å². The molecule has 1 heterocycles. The Bertz CT molecular complexity index is 1150. The number of hydrogen-bond donors (Lipinski definition) is 2. The van der Waals surface area contributed by atoms with Crippen LogP contribution in [0.2, 0.25) is 5.02 Å². The Balaban J connectivity index is 1.37. The highest BCUT2D eigenvalue weighted by atomic mass is 35.5. The molecule has 0 spiro atoms. The second-order valence-corrected chi connectivity index (χ2v) is 9.43. The Morgan fingerprint density at radius 3 is 2.48 bits per heavy atom. The van der Waals surface area contributed by atoms with Crippen molar-refractivity contribution >= 4 is 22.4 Å². The van der Waals surface area contributed by atoms with Gasteiger partial charge in [0.2, 0.25) is 0 Å². The van der Waals surface area contributed by atoms with Gasteiger partial charge in [-0.1, -0.05) is 23.7 Å². The van der Waals surface area contributed by atoms with Crippen molar-refractivity contribution in [3.8, 4) is 5.75 Å². The van der Waals surface area contributed by atoms with Crippen LogP contribution in [0, 0.1) is 11.7 Å². The maximum Gasteiger partial charge on any atom is 0.255 e. The van der Waals surface area contributed by atoms with Crippen molar-refractivity contribution in [2.45, 2.75) is 56.1 Å². The van der Waals surface area contributed by atoms with Gasteiger partial charge < -0.3 is 15.5 Å². The number of hydrogen-bond acceptors (Lipinski definition) is 3. The first-order valence-electron chi connectivity index (χ1n) is 11.0. The Morgan fingerprint density at radius 1 is 1.10 bits per heavy atom. The normalized spacial score (nSPS) is 24.8. The highest BCUT2D eigenvalue weighted by molar-refractivity contribution is 6.32. The van der Waals surface area contributed by atoms with Crippen molar-refractivity contribution in [1.29, 1.82) is 0 Å². The fourth-order valence-electron chi connectivity index (χ4n) is 5.19. The molecule has 0 radical (unpaired) electrons. The van der Waals surface area contributed by atoms with Crippen molar-refractivity contribution in [1.82, 2.24) is 4.98 Å². The van der Waals surface area contributed by atoms with Gasteiger partial charge in [-0.15, -0.1) is 0 Å². The van der Waals surface area contributed by atoms with E-state index in [2.05, 4.69) is 4.98 Å². The summed E-state index contributed by atoms with van der Waals surface area (Å²) in [6.07, 6.45) is 7.49. The van der Waals surface area contributed by atoms with Crippen LogP contribution in [-0.4, -0.2) is 17.1 Å². The number of nitrogens with two attached hydrogens (primary N) is 1. The summed E-state index contributed by atoms with van der Waals surface area (Å²) in [6.45, 7) is 0. The molecule has 5 rings (SSSR count). The first-order chi connectivity index (χ1) is 15.0. The zero-order valence-corrected chi connectivity index (χ0v) is 18.0. The molecule has 1 atom stereocenters. The van der Waals surface area contributed by atoms with E-state index in [4.69, 9.17) is 22.1 Å². The standard InChI is InChI=1S/C25H26ClFN2O2/c26-21-14-20-16(9-12-29-24(20)30)13-22(21)31-19-7-10-25(11-8-19,23(28)15-1-2-15)17-3-5-18(27)6-4-17/h3-6,9,12-15,19,23H,1-2,7-8,10-11,28H2,(H,29,30)/t19?,23-,25?/m0/s1. The van der Waals surface area contributed by atoms with Crippen LogP contribution < -0.4 is 16.0 Å². The summed E-state index contributed by atoms with van der Waals surface area (Å²) in [7, 11) is 0. The minimum absolute atomic E-state index is 0.0249. The summed E-state index contributed by atoms with van der Waals surface area (Å²) in [4.78, 5) is 14.7. The lowest BCUT2D eigenvalue weighted by atomic mass is 9.63. The van der Waals surface area contributed by atoms with Gasteiger partial charge in [0.05, 0.1) is 11.1 Å². The molecule has 4 nitrogen and oxygen atoms in total. The minimum atomic E-state index is -0.222. The minimum Gasteiger partial charge on any atom is -0.489 e. The molecule has 6 heteroatoms. The summed E-state index contributed by atoms with van der Waals surface area (Å²) in [5.41, 5.74) is 7.59. The second-order valence-electron chi connectivity index (χ2n) is 9.02. The molecular weight excluding hydrogens is 415 g/mol. The van der Waals surface area contributed by atoms with Gasteiger partial charge in [-0.3, -0.25) is 4.79 Å². The van der Waals surface area contributed by atoms with E-state index in [-0.39, 0.29) is 28.9 Å². The molecule has 162 valence electrons. The van der Waals surface area contributed by atoms with Crippen LogP contribution in [0.5, 0.6) is 5.75 Å². The zero-order chi connectivity index (χ0) is 21.6. The number of aromatic nitrogens is 1. The molecule has 31 heavy (non-hydrogen) atoms. The predicted octanol–water partition coefficient (Wildman–Crippen LogP) is 5.32. The molecule has 0 unspecified atom stereocenters. The highest BCUT2D eigenvalue weighted by Gasteiger charge is 2.47. The number of benzene rings is 2. The Hall–Kier alpha value is -2.37. The monoisotopic (exact) mass is 440 g/mol. The van der Waals surface area contributed by atoms with Gasteiger partial charge in [0, 0.05) is 23.0 Å². The summed E-state index contributed by atoms with van der Waals surface area (Å²) in [5, 5.41) is 1.79. The third kappa shape index (κ3) is 3.85. The maximum absolute atomic E-state index is 13.5. The summed E-state index contributed by atoms with van der Waals surface area (Å²) in [5.74, 6) is 0.932. The summed E-state index contributed by atoms with van der Waals surface area (Å²) in [6, 6.07) is 12.3. The lowest BCUT2D eigenvalue weighted by Gasteiger charge is -2.45. The van der Waals surface area contributed by atoms with Gasteiger partial charge in [0.1, 0.15) is 11.6 Å². The lowest BCUT2D eigenvalue weighted by molar-refractivity contribution is 0.101. The quantitative estimate of drug-likeness (QED) is 0.564. The van der Waals surface area contributed by atoms with Gasteiger partial charge in [0.15, 0.2) is 0 Å². The molecule has 2 aliphatic carbocycles. The highest BCUT2D eigenvalue weighted by Crippen LogP contribution is 2.49. The van der Waals surface area contributed by atoms with E-state index in [9.17, 15) is 9.18 Å². The fourth-order valence-corrected chi connectivity index (χ4v) is 5.39. The average molecular weight is 441 g/mol. The number of halogens is 2.